The Morgan fingerprint density at radius 2 is 2.21 bits per heavy atom. The first-order valence-corrected chi connectivity index (χ1v) is 3.78. The van der Waals surface area contributed by atoms with Crippen LogP contribution in [0.1, 0.15) is 22.3 Å². The maximum Gasteiger partial charge on any atom is 0.339 e. The van der Waals surface area contributed by atoms with Crippen LogP contribution in [0, 0.1) is 0 Å². The van der Waals surface area contributed by atoms with Gasteiger partial charge in [0.15, 0.2) is 0 Å². The second-order valence-corrected chi connectivity index (χ2v) is 2.76. The molecule has 14 heavy (non-hydrogen) atoms. The highest BCUT2D eigenvalue weighted by molar-refractivity contribution is 6.32. The molecule has 0 aliphatic carbocycles. The number of carboxylic acid groups (broad SMARTS) is 1. The summed E-state index contributed by atoms with van der Waals surface area (Å²) in [7, 11) is 0. The van der Waals surface area contributed by atoms with Gasteiger partial charge in [0.05, 0.1) is 17.4 Å². The minimum Gasteiger partial charge on any atom is -0.478 e. The van der Waals surface area contributed by atoms with Crippen LogP contribution in [-0.4, -0.2) is 16.1 Å². The Labute approximate surface area is 82.3 Å². The number of aromatic nitrogens is 1. The zero-order valence-electron chi connectivity index (χ0n) is 6.67. The molecule has 76 valence electrons. The van der Waals surface area contributed by atoms with Crippen molar-refractivity contribution >= 4 is 23.3 Å². The van der Waals surface area contributed by atoms with E-state index in [1.807, 2.05) is 0 Å². The lowest BCUT2D eigenvalue weighted by atomic mass is 10.1. The number of hydrogen-bond acceptors (Lipinski definition) is 3. The van der Waals surface area contributed by atoms with Crippen molar-refractivity contribution in [2.45, 2.75) is 6.43 Å². The molecular weight excluding hydrogens is 218 g/mol. The van der Waals surface area contributed by atoms with Gasteiger partial charge in [0.1, 0.15) is 10.7 Å². The van der Waals surface area contributed by atoms with E-state index in [4.69, 9.17) is 22.4 Å². The fourth-order valence-corrected chi connectivity index (χ4v) is 1.19. The van der Waals surface area contributed by atoms with Gasteiger partial charge in [-0.25, -0.2) is 18.6 Å². The number of nitrogens with two attached hydrogens (primary N) is 1. The molecule has 0 radical (unpaired) electrons. The maximum atomic E-state index is 12.4. The number of hydrogen-bond donors (Lipinski definition) is 2. The first kappa shape index (κ1) is 10.6. The molecule has 0 saturated carbocycles. The van der Waals surface area contributed by atoms with Crippen LogP contribution in [0.15, 0.2) is 6.20 Å². The van der Waals surface area contributed by atoms with Crippen molar-refractivity contribution in [2.24, 2.45) is 0 Å². The van der Waals surface area contributed by atoms with Gasteiger partial charge >= 0.3 is 5.97 Å². The van der Waals surface area contributed by atoms with E-state index in [0.29, 0.717) is 0 Å². The van der Waals surface area contributed by atoms with Crippen molar-refractivity contribution in [3.8, 4) is 0 Å². The summed E-state index contributed by atoms with van der Waals surface area (Å²) in [5, 5.41) is 8.11. The van der Waals surface area contributed by atoms with Gasteiger partial charge in [-0.15, -0.1) is 0 Å². The zero-order chi connectivity index (χ0) is 10.9. The Hall–Kier alpha value is -1.43. The maximum absolute atomic E-state index is 12.4. The number of anilines is 1. The summed E-state index contributed by atoms with van der Waals surface area (Å²) in [6.45, 7) is 0. The number of carboxylic acids is 1. The fraction of sp³-hybridized carbons (Fsp3) is 0.143. The molecule has 0 aliphatic heterocycles. The van der Waals surface area contributed by atoms with E-state index in [2.05, 4.69) is 4.98 Å². The van der Waals surface area contributed by atoms with Crippen LogP contribution in [0.25, 0.3) is 0 Å². The smallest absolute Gasteiger partial charge is 0.339 e. The quantitative estimate of drug-likeness (QED) is 0.750. The zero-order valence-corrected chi connectivity index (χ0v) is 7.42. The van der Waals surface area contributed by atoms with Gasteiger partial charge in [0, 0.05) is 0 Å². The van der Waals surface area contributed by atoms with Gasteiger partial charge in [-0.05, 0) is 0 Å². The second-order valence-electron chi connectivity index (χ2n) is 2.40. The van der Waals surface area contributed by atoms with Gasteiger partial charge in [-0.1, -0.05) is 11.6 Å². The summed E-state index contributed by atoms with van der Waals surface area (Å²) in [5.74, 6) is -1.58. The van der Waals surface area contributed by atoms with Crippen molar-refractivity contribution < 1.29 is 18.7 Å². The normalized spacial score (nSPS) is 10.6. The third-order valence-electron chi connectivity index (χ3n) is 1.54. The molecule has 3 N–H and O–H groups in total. The predicted octanol–water partition coefficient (Wildman–Crippen LogP) is 1.95. The number of halogens is 3. The van der Waals surface area contributed by atoms with Crippen LogP contribution in [-0.2, 0) is 0 Å². The molecule has 0 fully saturated rings. The summed E-state index contributed by atoms with van der Waals surface area (Å²) < 4.78 is 24.8. The molecule has 0 saturated heterocycles. The first-order chi connectivity index (χ1) is 6.45. The van der Waals surface area contributed by atoms with Gasteiger partial charge in [-0.2, -0.15) is 0 Å². The number of alkyl halides is 2. The molecule has 7 heteroatoms. The van der Waals surface area contributed by atoms with Crippen LogP contribution in [0.4, 0.5) is 14.5 Å². The molecule has 1 heterocycles. The lowest BCUT2D eigenvalue weighted by Gasteiger charge is -2.08. The largest absolute Gasteiger partial charge is 0.478 e. The van der Waals surface area contributed by atoms with E-state index in [1.54, 1.807) is 0 Å². The molecule has 0 aliphatic rings. The topological polar surface area (TPSA) is 76.2 Å². The molecule has 0 spiro atoms. The Morgan fingerprint density at radius 1 is 1.64 bits per heavy atom. The third kappa shape index (κ3) is 1.74. The standard InChI is InChI=1S/C7H5ClF2N2O2/c8-5-4(7(13)14)3(6(9)10)2(11)1-12-5/h1,6H,11H2,(H,13,14). The second kappa shape index (κ2) is 3.75. The summed E-state index contributed by atoms with van der Waals surface area (Å²) in [6, 6.07) is 0. The Bertz CT molecular complexity index is 384. The first-order valence-electron chi connectivity index (χ1n) is 3.40. The summed E-state index contributed by atoms with van der Waals surface area (Å²) in [5.41, 5.74) is 3.23. The van der Waals surface area contributed by atoms with Crippen molar-refractivity contribution in [3.63, 3.8) is 0 Å². The van der Waals surface area contributed by atoms with Gasteiger partial charge in [-0.3, -0.25) is 0 Å². The van der Waals surface area contributed by atoms with Gasteiger partial charge < -0.3 is 10.8 Å². The Kier molecular flexibility index (Phi) is 2.85. The van der Waals surface area contributed by atoms with Gasteiger partial charge in [0.25, 0.3) is 6.43 Å². The van der Waals surface area contributed by atoms with E-state index >= 15 is 0 Å². The third-order valence-corrected chi connectivity index (χ3v) is 1.82. The Morgan fingerprint density at radius 3 is 2.57 bits per heavy atom. The predicted molar refractivity (Wildman–Crippen MR) is 45.6 cm³/mol. The van der Waals surface area contributed by atoms with Crippen molar-refractivity contribution in [1.29, 1.82) is 0 Å². The SMILES string of the molecule is Nc1cnc(Cl)c(C(=O)O)c1C(F)F. The number of carbonyl (C=O) groups is 1. The minimum atomic E-state index is -3.00. The summed E-state index contributed by atoms with van der Waals surface area (Å²) in [6.07, 6.45) is -2.10. The molecule has 1 aromatic heterocycles. The lowest BCUT2D eigenvalue weighted by Crippen LogP contribution is -2.08. The van der Waals surface area contributed by atoms with Crippen LogP contribution >= 0.6 is 11.6 Å². The molecule has 0 amide bonds. The molecule has 4 nitrogen and oxygen atoms in total. The lowest BCUT2D eigenvalue weighted by molar-refractivity contribution is 0.0684. The van der Waals surface area contributed by atoms with Crippen LogP contribution in [0.2, 0.25) is 5.15 Å². The number of nitrogen functional groups attached to an aromatic ring is 1. The van der Waals surface area contributed by atoms with Crippen molar-refractivity contribution in [3.05, 3.63) is 22.5 Å². The van der Waals surface area contributed by atoms with E-state index in [0.717, 1.165) is 6.20 Å². The van der Waals surface area contributed by atoms with Gasteiger partial charge in [0.2, 0.25) is 0 Å². The van der Waals surface area contributed by atoms with Crippen LogP contribution in [0.3, 0.4) is 0 Å². The number of pyridine rings is 1. The molecule has 0 bridgehead atoms. The van der Waals surface area contributed by atoms with E-state index in [1.165, 1.54) is 0 Å². The number of rotatable bonds is 2. The monoisotopic (exact) mass is 222 g/mol. The van der Waals surface area contributed by atoms with Crippen LogP contribution in [0.5, 0.6) is 0 Å². The molecule has 0 unspecified atom stereocenters. The average molecular weight is 223 g/mol. The average Bonchev–Trinajstić information content (AvgIpc) is 2.07. The van der Waals surface area contributed by atoms with E-state index < -0.39 is 28.7 Å². The highest BCUT2D eigenvalue weighted by atomic mass is 35.5. The highest BCUT2D eigenvalue weighted by Gasteiger charge is 2.24. The molecule has 1 rings (SSSR count). The van der Waals surface area contributed by atoms with Crippen molar-refractivity contribution in [1.82, 2.24) is 4.98 Å². The molecule has 0 atom stereocenters. The molecule has 1 aromatic rings. The van der Waals surface area contributed by atoms with Crippen LogP contribution < -0.4 is 5.73 Å². The molecule has 0 aromatic carbocycles. The fourth-order valence-electron chi connectivity index (χ4n) is 0.954. The van der Waals surface area contributed by atoms with E-state index in [-0.39, 0.29) is 5.69 Å². The Balaban J connectivity index is 3.50. The minimum absolute atomic E-state index is 0.387. The summed E-state index contributed by atoms with van der Waals surface area (Å²) >= 11 is 5.36. The summed E-state index contributed by atoms with van der Waals surface area (Å²) in [4.78, 5) is 14.0. The van der Waals surface area contributed by atoms with E-state index in [9.17, 15) is 13.6 Å². The number of aromatic carboxylic acids is 1. The number of nitrogens with zero attached hydrogens (tertiary/aromatic N) is 1. The van der Waals surface area contributed by atoms with Crippen molar-refractivity contribution in [2.75, 3.05) is 5.73 Å². The highest BCUT2D eigenvalue weighted by Crippen LogP contribution is 2.31. The molecular formula is C7H5ClF2N2O2.